The van der Waals surface area contributed by atoms with Crippen molar-refractivity contribution in [1.29, 1.82) is 0 Å². The molecule has 1 atom stereocenters. The number of likely N-dealkylation sites (N-methyl/N-ethyl adjacent to an activating group) is 1. The van der Waals surface area contributed by atoms with E-state index in [-0.39, 0.29) is 5.56 Å². The van der Waals surface area contributed by atoms with Crippen molar-refractivity contribution in [2.75, 3.05) is 13.7 Å². The van der Waals surface area contributed by atoms with Crippen molar-refractivity contribution in [3.8, 4) is 0 Å². The van der Waals surface area contributed by atoms with Crippen LogP contribution < -0.4 is 5.32 Å². The number of benzene rings is 1. The summed E-state index contributed by atoms with van der Waals surface area (Å²) in [6, 6.07) is 2.26. The van der Waals surface area contributed by atoms with Crippen LogP contribution in [-0.2, 0) is 4.74 Å². The lowest BCUT2D eigenvalue weighted by atomic mass is 9.82. The molecule has 0 saturated heterocycles. The van der Waals surface area contributed by atoms with Crippen molar-refractivity contribution in [2.45, 2.75) is 52.2 Å². The Morgan fingerprint density at radius 1 is 1.20 bits per heavy atom. The summed E-state index contributed by atoms with van der Waals surface area (Å²) < 4.78 is 34.5. The zero-order chi connectivity index (χ0) is 15.3. The van der Waals surface area contributed by atoms with Crippen LogP contribution in [0, 0.1) is 18.6 Å². The van der Waals surface area contributed by atoms with Crippen LogP contribution >= 0.6 is 0 Å². The molecular weight excluding hydrogens is 260 g/mol. The first-order chi connectivity index (χ1) is 9.47. The van der Waals surface area contributed by atoms with Gasteiger partial charge in [-0.3, -0.25) is 0 Å². The molecule has 0 aliphatic rings. The van der Waals surface area contributed by atoms with Crippen molar-refractivity contribution in [1.82, 2.24) is 5.32 Å². The number of hydrogen-bond acceptors (Lipinski definition) is 2. The van der Waals surface area contributed by atoms with Crippen molar-refractivity contribution < 1.29 is 13.5 Å². The lowest BCUT2D eigenvalue weighted by molar-refractivity contribution is -0.0732. The lowest BCUT2D eigenvalue weighted by Crippen LogP contribution is -2.45. The first-order valence-corrected chi connectivity index (χ1v) is 7.23. The molecule has 1 aromatic rings. The van der Waals surface area contributed by atoms with Crippen LogP contribution in [0.3, 0.4) is 0 Å². The van der Waals surface area contributed by atoms with Crippen molar-refractivity contribution in [3.05, 3.63) is 34.9 Å². The van der Waals surface area contributed by atoms with Gasteiger partial charge in [0.15, 0.2) is 0 Å². The van der Waals surface area contributed by atoms with Gasteiger partial charge in [-0.25, -0.2) is 8.78 Å². The van der Waals surface area contributed by atoms with Gasteiger partial charge in [0.2, 0.25) is 0 Å². The Kier molecular flexibility index (Phi) is 6.08. The van der Waals surface area contributed by atoms with Gasteiger partial charge in [-0.15, -0.1) is 0 Å². The summed E-state index contributed by atoms with van der Waals surface area (Å²) in [5.41, 5.74) is -0.0946. The number of aryl methyl sites for hydroxylation is 1. The fourth-order valence-corrected chi connectivity index (χ4v) is 2.85. The number of ether oxygens (including phenoxy) is 1. The molecule has 0 heterocycles. The Hall–Kier alpha value is -1.00. The highest BCUT2D eigenvalue weighted by molar-refractivity contribution is 5.31. The topological polar surface area (TPSA) is 21.3 Å². The lowest BCUT2D eigenvalue weighted by Gasteiger charge is -2.40. The molecule has 0 spiro atoms. The van der Waals surface area contributed by atoms with Gasteiger partial charge >= 0.3 is 0 Å². The van der Waals surface area contributed by atoms with E-state index in [2.05, 4.69) is 5.32 Å². The molecule has 0 amide bonds. The van der Waals surface area contributed by atoms with Gasteiger partial charge in [0.1, 0.15) is 11.6 Å². The number of rotatable bonds is 7. The number of nitrogens with one attached hydrogen (secondary N) is 1. The van der Waals surface area contributed by atoms with E-state index >= 15 is 0 Å². The molecule has 1 aromatic carbocycles. The molecule has 0 saturated carbocycles. The van der Waals surface area contributed by atoms with Crippen LogP contribution in [0.15, 0.2) is 12.1 Å². The van der Waals surface area contributed by atoms with Crippen LogP contribution in [0.2, 0.25) is 0 Å². The normalized spacial score (nSPS) is 13.6. The van der Waals surface area contributed by atoms with E-state index in [4.69, 9.17) is 4.74 Å². The van der Waals surface area contributed by atoms with E-state index in [9.17, 15) is 8.78 Å². The number of halogens is 2. The highest BCUT2D eigenvalue weighted by Crippen LogP contribution is 2.38. The molecular formula is C16H25F2NO. The Balaban J connectivity index is 3.41. The third-order valence-corrected chi connectivity index (χ3v) is 4.05. The minimum Gasteiger partial charge on any atom is -0.373 e. The summed E-state index contributed by atoms with van der Waals surface area (Å²) in [4.78, 5) is 0. The Bertz CT molecular complexity index is 444. The fourth-order valence-electron chi connectivity index (χ4n) is 2.85. The third-order valence-electron chi connectivity index (χ3n) is 4.05. The van der Waals surface area contributed by atoms with Crippen LogP contribution in [0.5, 0.6) is 0 Å². The second-order valence-electron chi connectivity index (χ2n) is 5.02. The molecule has 0 aromatic heterocycles. The predicted octanol–water partition coefficient (Wildman–Crippen LogP) is 4.13. The van der Waals surface area contributed by atoms with E-state index in [1.165, 1.54) is 12.1 Å². The monoisotopic (exact) mass is 285 g/mol. The molecule has 0 radical (unpaired) electrons. The summed E-state index contributed by atoms with van der Waals surface area (Å²) in [6.07, 6.45) is 1.35. The second-order valence-corrected chi connectivity index (χ2v) is 5.02. The van der Waals surface area contributed by atoms with Gasteiger partial charge < -0.3 is 10.1 Å². The molecule has 0 aliphatic heterocycles. The Morgan fingerprint density at radius 2 is 1.80 bits per heavy atom. The van der Waals surface area contributed by atoms with Crippen LogP contribution in [-0.4, -0.2) is 19.3 Å². The van der Waals surface area contributed by atoms with Gasteiger partial charge in [0.05, 0.1) is 11.6 Å². The summed E-state index contributed by atoms with van der Waals surface area (Å²) in [7, 11) is 1.71. The first-order valence-electron chi connectivity index (χ1n) is 7.23. The van der Waals surface area contributed by atoms with Crippen LogP contribution in [0.1, 0.15) is 50.8 Å². The second kappa shape index (κ2) is 7.14. The highest BCUT2D eigenvalue weighted by Gasteiger charge is 2.39. The minimum absolute atomic E-state index is 0.0738. The maximum atomic E-state index is 14.4. The summed E-state index contributed by atoms with van der Waals surface area (Å²) >= 11 is 0. The van der Waals surface area contributed by atoms with Crippen molar-refractivity contribution in [3.63, 3.8) is 0 Å². The van der Waals surface area contributed by atoms with Crippen molar-refractivity contribution >= 4 is 0 Å². The van der Waals surface area contributed by atoms with E-state index in [1.807, 2.05) is 20.8 Å². The zero-order valence-electron chi connectivity index (χ0n) is 13.0. The van der Waals surface area contributed by atoms with Crippen LogP contribution in [0.25, 0.3) is 0 Å². The maximum absolute atomic E-state index is 14.4. The quantitative estimate of drug-likeness (QED) is 0.813. The largest absolute Gasteiger partial charge is 0.373 e. The van der Waals surface area contributed by atoms with E-state index in [0.29, 0.717) is 25.0 Å². The van der Waals surface area contributed by atoms with Gasteiger partial charge in [0.25, 0.3) is 0 Å². The summed E-state index contributed by atoms with van der Waals surface area (Å²) in [5.74, 6) is -1.02. The standard InChI is InChI=1S/C16H25F2NO/c1-6-16(7-2,20-8-3)15(19-5)13-12(17)10-9-11(4)14(13)18/h9-10,15,19H,6-8H2,1-5H3. The highest BCUT2D eigenvalue weighted by atomic mass is 19.1. The Labute approximate surface area is 120 Å². The molecule has 114 valence electrons. The molecule has 4 heteroatoms. The van der Waals surface area contributed by atoms with E-state index in [0.717, 1.165) is 0 Å². The Morgan fingerprint density at radius 3 is 2.25 bits per heavy atom. The molecule has 20 heavy (non-hydrogen) atoms. The van der Waals surface area contributed by atoms with Gasteiger partial charge in [-0.1, -0.05) is 19.9 Å². The predicted molar refractivity (Wildman–Crippen MR) is 77.8 cm³/mol. The molecule has 0 bridgehead atoms. The molecule has 1 unspecified atom stereocenters. The van der Waals surface area contributed by atoms with Crippen LogP contribution in [0.4, 0.5) is 8.78 Å². The van der Waals surface area contributed by atoms with Gasteiger partial charge in [0, 0.05) is 12.2 Å². The molecule has 1 N–H and O–H groups in total. The maximum Gasteiger partial charge on any atom is 0.133 e. The third kappa shape index (κ3) is 3.01. The van der Waals surface area contributed by atoms with Crippen molar-refractivity contribution in [2.24, 2.45) is 0 Å². The summed E-state index contributed by atoms with van der Waals surface area (Å²) in [6.45, 7) is 8.01. The fraction of sp³-hybridized carbons (Fsp3) is 0.625. The molecule has 1 rings (SSSR count). The van der Waals surface area contributed by atoms with Gasteiger partial charge in [-0.05, 0) is 45.4 Å². The average molecular weight is 285 g/mol. The smallest absolute Gasteiger partial charge is 0.133 e. The molecule has 2 nitrogen and oxygen atoms in total. The average Bonchev–Trinajstić information content (AvgIpc) is 2.46. The summed E-state index contributed by atoms with van der Waals surface area (Å²) in [5, 5.41) is 3.05. The van der Waals surface area contributed by atoms with E-state index < -0.39 is 23.3 Å². The molecule has 0 aliphatic carbocycles. The zero-order valence-corrected chi connectivity index (χ0v) is 13.0. The first kappa shape index (κ1) is 17.1. The number of hydrogen-bond donors (Lipinski definition) is 1. The van der Waals surface area contributed by atoms with Gasteiger partial charge in [-0.2, -0.15) is 0 Å². The van der Waals surface area contributed by atoms with E-state index in [1.54, 1.807) is 14.0 Å². The molecule has 0 fully saturated rings. The minimum atomic E-state index is -0.612. The SMILES string of the molecule is CCOC(CC)(CC)C(NC)c1c(F)ccc(C)c1F.